The van der Waals surface area contributed by atoms with Crippen LogP contribution in [0.25, 0.3) is 0 Å². The van der Waals surface area contributed by atoms with E-state index in [9.17, 15) is 4.79 Å². The van der Waals surface area contributed by atoms with E-state index >= 15 is 0 Å². The summed E-state index contributed by atoms with van der Waals surface area (Å²) in [6, 6.07) is 0. The van der Waals surface area contributed by atoms with E-state index in [4.69, 9.17) is 15.6 Å². The highest BCUT2D eigenvalue weighted by atomic mass is 28.4. The summed E-state index contributed by atoms with van der Waals surface area (Å²) in [5, 5.41) is 0.126. The molecule has 0 saturated heterocycles. The van der Waals surface area contributed by atoms with Gasteiger partial charge in [0.1, 0.15) is 0 Å². The summed E-state index contributed by atoms with van der Waals surface area (Å²) < 4.78 is 11.3. The Morgan fingerprint density at radius 1 is 1.41 bits per heavy atom. The van der Waals surface area contributed by atoms with Gasteiger partial charge in [0, 0.05) is 12.8 Å². The summed E-state index contributed by atoms with van der Waals surface area (Å²) in [6.07, 6.45) is 9.83. The van der Waals surface area contributed by atoms with Crippen LogP contribution in [-0.2, 0) is 14.0 Å². The molecule has 0 rings (SSSR count). The number of allylic oxidation sites excluding steroid dienone is 1. The minimum absolute atomic E-state index is 0.0338. The first-order valence-electron chi connectivity index (χ1n) is 7.88. The van der Waals surface area contributed by atoms with Gasteiger partial charge >= 0.3 is 5.97 Å². The van der Waals surface area contributed by atoms with E-state index in [1.54, 1.807) is 0 Å². The maximum absolute atomic E-state index is 11.4. The van der Waals surface area contributed by atoms with Crippen molar-refractivity contribution in [3.8, 4) is 12.3 Å². The highest BCUT2D eigenvalue weighted by molar-refractivity contribution is 6.74. The first kappa shape index (κ1) is 20.9. The van der Waals surface area contributed by atoms with Gasteiger partial charge < -0.3 is 9.16 Å². The van der Waals surface area contributed by atoms with E-state index in [0.29, 0.717) is 19.3 Å². The maximum Gasteiger partial charge on any atom is 0.305 e. The molecule has 0 N–H and O–H groups in total. The van der Waals surface area contributed by atoms with Crippen LogP contribution in [0.5, 0.6) is 0 Å². The second-order valence-corrected chi connectivity index (χ2v) is 12.0. The molecule has 0 saturated carbocycles. The van der Waals surface area contributed by atoms with Crippen LogP contribution < -0.4 is 0 Å². The molecule has 0 spiro atoms. The van der Waals surface area contributed by atoms with E-state index in [0.717, 1.165) is 6.42 Å². The first-order chi connectivity index (χ1) is 10.1. The predicted octanol–water partition coefficient (Wildman–Crippen LogP) is 4.55. The zero-order chi connectivity index (χ0) is 17.4. The fraction of sp³-hybridized carbons (Fsp3) is 0.722. The van der Waals surface area contributed by atoms with E-state index < -0.39 is 8.32 Å². The molecule has 0 unspecified atom stereocenters. The van der Waals surface area contributed by atoms with Crippen LogP contribution >= 0.6 is 0 Å². The largest absolute Gasteiger partial charge is 0.469 e. The van der Waals surface area contributed by atoms with E-state index in [2.05, 4.69) is 46.4 Å². The molecule has 0 radical (unpaired) electrons. The molecule has 4 heteroatoms. The highest BCUT2D eigenvalue weighted by Crippen LogP contribution is 2.39. The van der Waals surface area contributed by atoms with Crippen molar-refractivity contribution in [3.05, 3.63) is 12.7 Å². The number of hydrogen-bond acceptors (Lipinski definition) is 3. The van der Waals surface area contributed by atoms with Crippen LogP contribution in [0.2, 0.25) is 18.1 Å². The molecule has 0 aliphatic heterocycles. The summed E-state index contributed by atoms with van der Waals surface area (Å²) in [7, 11) is -0.495. The molecule has 0 aromatic carbocycles. The Hall–Kier alpha value is -1.05. The molecule has 0 bridgehead atoms. The number of hydrogen-bond donors (Lipinski definition) is 0. The van der Waals surface area contributed by atoms with Crippen molar-refractivity contribution in [2.24, 2.45) is 5.92 Å². The van der Waals surface area contributed by atoms with Gasteiger partial charge in [0.2, 0.25) is 0 Å². The number of methoxy groups -OCH3 is 1. The second-order valence-electron chi connectivity index (χ2n) is 7.22. The van der Waals surface area contributed by atoms with Gasteiger partial charge in [-0.2, -0.15) is 0 Å². The lowest BCUT2D eigenvalue weighted by atomic mass is 9.91. The SMILES string of the molecule is C#CC[C@@H](O[Si](C)(C)C(C)(C)C)[C@@H](CC=C)CCC(=O)OC. The lowest BCUT2D eigenvalue weighted by molar-refractivity contribution is -0.141. The highest BCUT2D eigenvalue weighted by Gasteiger charge is 2.40. The summed E-state index contributed by atoms with van der Waals surface area (Å²) in [4.78, 5) is 11.4. The predicted molar refractivity (Wildman–Crippen MR) is 95.1 cm³/mol. The summed E-state index contributed by atoms with van der Waals surface area (Å²) >= 11 is 0. The monoisotopic (exact) mass is 324 g/mol. The number of ether oxygens (including phenoxy) is 1. The van der Waals surface area contributed by atoms with Crippen molar-refractivity contribution in [1.29, 1.82) is 0 Å². The standard InChI is InChI=1S/C18H32O3Si/c1-9-11-15(13-14-17(19)20-6)16(12-10-2)21-22(7,8)18(3,4)5/h2,9,15-16H,1,11-14H2,3-8H3/t15-,16+/m0/s1. The van der Waals surface area contributed by atoms with Crippen LogP contribution in [0, 0.1) is 18.3 Å². The van der Waals surface area contributed by atoms with Crippen LogP contribution in [0.1, 0.15) is 46.5 Å². The van der Waals surface area contributed by atoms with Crippen LogP contribution in [-0.4, -0.2) is 27.5 Å². The van der Waals surface area contributed by atoms with E-state index in [1.165, 1.54) is 7.11 Å². The molecule has 3 nitrogen and oxygen atoms in total. The zero-order valence-corrected chi connectivity index (χ0v) is 16.1. The van der Waals surface area contributed by atoms with Gasteiger partial charge in [-0.05, 0) is 36.9 Å². The number of terminal acetylenes is 1. The topological polar surface area (TPSA) is 35.5 Å². The molecule has 2 atom stereocenters. The fourth-order valence-electron chi connectivity index (χ4n) is 2.05. The van der Waals surface area contributed by atoms with Crippen LogP contribution in [0.15, 0.2) is 12.7 Å². The second kappa shape index (κ2) is 9.17. The van der Waals surface area contributed by atoms with E-state index in [-0.39, 0.29) is 23.0 Å². The molecule has 0 fully saturated rings. The molecule has 0 aliphatic carbocycles. The van der Waals surface area contributed by atoms with Crippen molar-refractivity contribution in [2.75, 3.05) is 7.11 Å². The van der Waals surface area contributed by atoms with Gasteiger partial charge in [-0.1, -0.05) is 26.8 Å². The van der Waals surface area contributed by atoms with Gasteiger partial charge in [0.25, 0.3) is 0 Å². The Morgan fingerprint density at radius 2 is 2.00 bits per heavy atom. The molecule has 0 heterocycles. The van der Waals surface area contributed by atoms with E-state index in [1.807, 2.05) is 6.08 Å². The summed E-state index contributed by atoms with van der Waals surface area (Å²) in [5.74, 6) is 2.73. The third-order valence-electron chi connectivity index (χ3n) is 4.51. The summed E-state index contributed by atoms with van der Waals surface area (Å²) in [5.41, 5.74) is 0. The van der Waals surface area contributed by atoms with Gasteiger partial charge in [-0.3, -0.25) is 4.79 Å². The molecule has 22 heavy (non-hydrogen) atoms. The normalized spacial score (nSPS) is 14.8. The third-order valence-corrected chi connectivity index (χ3v) is 9.02. The van der Waals surface area contributed by atoms with Crippen molar-refractivity contribution in [2.45, 2.75) is 70.7 Å². The Labute approximate surface area is 137 Å². The Morgan fingerprint density at radius 3 is 2.41 bits per heavy atom. The first-order valence-corrected chi connectivity index (χ1v) is 10.8. The van der Waals surface area contributed by atoms with Gasteiger partial charge in [-0.15, -0.1) is 18.9 Å². The van der Waals surface area contributed by atoms with Gasteiger partial charge in [0.05, 0.1) is 13.2 Å². The van der Waals surface area contributed by atoms with Gasteiger partial charge in [0.15, 0.2) is 8.32 Å². The third kappa shape index (κ3) is 6.80. The molecule has 0 aromatic heterocycles. The lowest BCUT2D eigenvalue weighted by Crippen LogP contribution is -2.45. The molecular weight excluding hydrogens is 292 g/mol. The number of rotatable bonds is 9. The molecule has 0 aromatic rings. The average Bonchev–Trinajstić information content (AvgIpc) is 2.41. The smallest absolute Gasteiger partial charge is 0.305 e. The molecule has 0 aliphatic rings. The number of esters is 1. The molecule has 0 amide bonds. The minimum Gasteiger partial charge on any atom is -0.469 e. The Bertz CT molecular complexity index is 402. The fourth-order valence-corrected chi connectivity index (χ4v) is 3.44. The van der Waals surface area contributed by atoms with Crippen molar-refractivity contribution >= 4 is 14.3 Å². The maximum atomic E-state index is 11.4. The quantitative estimate of drug-likeness (QED) is 0.270. The van der Waals surface area contributed by atoms with Crippen LogP contribution in [0.3, 0.4) is 0 Å². The lowest BCUT2D eigenvalue weighted by Gasteiger charge is -2.41. The van der Waals surface area contributed by atoms with Crippen molar-refractivity contribution in [3.63, 3.8) is 0 Å². The Kier molecular flexibility index (Phi) is 8.73. The summed E-state index contributed by atoms with van der Waals surface area (Å²) in [6.45, 7) is 14.9. The number of carbonyl (C=O) groups is 1. The number of carbonyl (C=O) groups excluding carboxylic acids is 1. The average molecular weight is 325 g/mol. The van der Waals surface area contributed by atoms with Crippen molar-refractivity contribution in [1.82, 2.24) is 0 Å². The van der Waals surface area contributed by atoms with Gasteiger partial charge in [-0.25, -0.2) is 0 Å². The van der Waals surface area contributed by atoms with Crippen LogP contribution in [0.4, 0.5) is 0 Å². The van der Waals surface area contributed by atoms with Crippen molar-refractivity contribution < 1.29 is 14.0 Å². The Balaban J connectivity index is 5.09. The molecule has 126 valence electrons. The zero-order valence-electron chi connectivity index (χ0n) is 15.1. The minimum atomic E-state index is -1.91. The molecular formula is C18H32O3Si.